The highest BCUT2D eigenvalue weighted by Gasteiger charge is 2.35. The predicted octanol–water partition coefficient (Wildman–Crippen LogP) is 8.08. The number of hydrogen-bond donors (Lipinski definition) is 0. The molecule has 0 amide bonds. The number of ether oxygens (including phenoxy) is 1. The van der Waals surface area contributed by atoms with Gasteiger partial charge in [0.2, 0.25) is 0 Å². The van der Waals surface area contributed by atoms with Crippen LogP contribution in [0.2, 0.25) is 0 Å². The minimum absolute atomic E-state index is 0.0419. The smallest absolute Gasteiger partial charge is 0.306 e. The van der Waals surface area contributed by atoms with E-state index in [1.807, 2.05) is 0 Å². The summed E-state index contributed by atoms with van der Waals surface area (Å²) in [6, 6.07) is 0. The van der Waals surface area contributed by atoms with Gasteiger partial charge in [-0.25, -0.2) is 0 Å². The van der Waals surface area contributed by atoms with Crippen LogP contribution in [0.4, 0.5) is 0 Å². The lowest BCUT2D eigenvalue weighted by molar-refractivity contribution is -0.151. The maximum Gasteiger partial charge on any atom is 0.306 e. The third kappa shape index (κ3) is 7.28. The summed E-state index contributed by atoms with van der Waals surface area (Å²) < 4.78 is 5.72. The third-order valence-electron chi connectivity index (χ3n) is 8.76. The largest absolute Gasteiger partial charge is 0.462 e. The van der Waals surface area contributed by atoms with Crippen molar-refractivity contribution >= 4 is 5.97 Å². The first kappa shape index (κ1) is 23.1. The molecule has 0 unspecified atom stereocenters. The maximum absolute atomic E-state index is 11.9. The molecule has 0 radical (unpaired) electrons. The fourth-order valence-electron chi connectivity index (χ4n) is 6.77. The van der Waals surface area contributed by atoms with Crippen LogP contribution >= 0.6 is 0 Å². The quantitative estimate of drug-likeness (QED) is 0.363. The van der Waals surface area contributed by atoms with Crippen LogP contribution in [0, 0.1) is 29.6 Å². The van der Waals surface area contributed by atoms with Crippen LogP contribution in [0.25, 0.3) is 0 Å². The van der Waals surface area contributed by atoms with Gasteiger partial charge >= 0.3 is 5.97 Å². The van der Waals surface area contributed by atoms with Gasteiger partial charge in [0.1, 0.15) is 6.10 Å². The number of rotatable bonds is 9. The standard InChI is InChI=1S/C27H48O2/c1-3-5-7-21-9-11-22(12-10-21)23-13-15-24(16-14-23)25-17-19-26(20-18-25)29-27(28)8-6-4-2/h21-26H,3-20H2,1-2H3/t21-,22-,23-,24-,25-,26-. The Kier molecular flexibility index (Phi) is 9.86. The fraction of sp³-hybridized carbons (Fsp3) is 0.963. The molecule has 29 heavy (non-hydrogen) atoms. The van der Waals surface area contributed by atoms with Gasteiger partial charge in [-0.2, -0.15) is 0 Å². The molecule has 0 heterocycles. The summed E-state index contributed by atoms with van der Waals surface area (Å²) in [5.74, 6) is 5.05. The average Bonchev–Trinajstić information content (AvgIpc) is 2.77. The number of carbonyl (C=O) groups excluding carboxylic acids is 1. The molecule has 3 aliphatic rings. The Bertz CT molecular complexity index is 449. The molecule has 0 aromatic heterocycles. The second-order valence-corrected chi connectivity index (χ2v) is 10.7. The van der Waals surface area contributed by atoms with Gasteiger partial charge in [-0.1, -0.05) is 52.4 Å². The molecule has 0 aliphatic heterocycles. The zero-order chi connectivity index (χ0) is 20.5. The van der Waals surface area contributed by atoms with Gasteiger partial charge in [-0.3, -0.25) is 4.79 Å². The van der Waals surface area contributed by atoms with E-state index in [1.165, 1.54) is 83.5 Å². The van der Waals surface area contributed by atoms with E-state index in [0.717, 1.165) is 55.3 Å². The van der Waals surface area contributed by atoms with Crippen molar-refractivity contribution in [1.29, 1.82) is 0 Å². The molecule has 3 fully saturated rings. The Labute approximate surface area is 180 Å². The van der Waals surface area contributed by atoms with Gasteiger partial charge in [-0.15, -0.1) is 0 Å². The summed E-state index contributed by atoms with van der Waals surface area (Å²) in [6.07, 6.45) is 24.0. The number of hydrogen-bond acceptors (Lipinski definition) is 2. The summed E-state index contributed by atoms with van der Waals surface area (Å²) >= 11 is 0. The summed E-state index contributed by atoms with van der Waals surface area (Å²) in [6.45, 7) is 4.46. The van der Waals surface area contributed by atoms with E-state index in [-0.39, 0.29) is 12.1 Å². The average molecular weight is 405 g/mol. The van der Waals surface area contributed by atoms with Gasteiger partial charge < -0.3 is 4.74 Å². The highest BCUT2D eigenvalue weighted by Crippen LogP contribution is 2.46. The minimum Gasteiger partial charge on any atom is -0.462 e. The number of esters is 1. The molecule has 3 rings (SSSR count). The van der Waals surface area contributed by atoms with E-state index in [2.05, 4.69) is 13.8 Å². The van der Waals surface area contributed by atoms with Crippen molar-refractivity contribution in [3.63, 3.8) is 0 Å². The second-order valence-electron chi connectivity index (χ2n) is 10.7. The van der Waals surface area contributed by atoms with E-state index in [9.17, 15) is 4.79 Å². The van der Waals surface area contributed by atoms with E-state index in [1.54, 1.807) is 0 Å². The zero-order valence-corrected chi connectivity index (χ0v) is 19.5. The normalized spacial score (nSPS) is 35.9. The molecule has 0 bridgehead atoms. The molecule has 2 heteroatoms. The number of unbranched alkanes of at least 4 members (excludes halogenated alkanes) is 2. The molecule has 0 aromatic carbocycles. The van der Waals surface area contributed by atoms with Crippen LogP contribution in [0.3, 0.4) is 0 Å². The van der Waals surface area contributed by atoms with E-state index < -0.39 is 0 Å². The van der Waals surface area contributed by atoms with Crippen LogP contribution < -0.4 is 0 Å². The predicted molar refractivity (Wildman–Crippen MR) is 122 cm³/mol. The van der Waals surface area contributed by atoms with Crippen molar-refractivity contribution in [2.45, 2.75) is 136 Å². The Hall–Kier alpha value is -0.530. The molecule has 0 saturated heterocycles. The van der Waals surface area contributed by atoms with Gasteiger partial charge in [0.05, 0.1) is 0 Å². The Balaban J connectivity index is 1.31. The van der Waals surface area contributed by atoms with E-state index >= 15 is 0 Å². The van der Waals surface area contributed by atoms with Crippen LogP contribution in [0.15, 0.2) is 0 Å². The van der Waals surface area contributed by atoms with Crippen molar-refractivity contribution in [3.8, 4) is 0 Å². The lowest BCUT2D eigenvalue weighted by Crippen LogP contribution is -2.31. The van der Waals surface area contributed by atoms with Crippen molar-refractivity contribution < 1.29 is 9.53 Å². The molecule has 3 saturated carbocycles. The van der Waals surface area contributed by atoms with E-state index in [4.69, 9.17) is 4.74 Å². The summed E-state index contributed by atoms with van der Waals surface area (Å²) in [4.78, 5) is 11.9. The van der Waals surface area contributed by atoms with Crippen molar-refractivity contribution in [1.82, 2.24) is 0 Å². The van der Waals surface area contributed by atoms with Crippen LogP contribution in [0.5, 0.6) is 0 Å². The van der Waals surface area contributed by atoms with Gasteiger partial charge in [0.15, 0.2) is 0 Å². The van der Waals surface area contributed by atoms with Crippen LogP contribution in [-0.2, 0) is 9.53 Å². The van der Waals surface area contributed by atoms with Gasteiger partial charge in [0, 0.05) is 6.42 Å². The highest BCUT2D eigenvalue weighted by atomic mass is 16.5. The molecular weight excluding hydrogens is 356 g/mol. The van der Waals surface area contributed by atoms with Crippen molar-refractivity contribution in [3.05, 3.63) is 0 Å². The second kappa shape index (κ2) is 12.4. The van der Waals surface area contributed by atoms with Gasteiger partial charge in [-0.05, 0) is 100 Å². The molecule has 0 N–H and O–H groups in total. The highest BCUT2D eigenvalue weighted by molar-refractivity contribution is 5.69. The van der Waals surface area contributed by atoms with Crippen LogP contribution in [-0.4, -0.2) is 12.1 Å². The summed E-state index contributed by atoms with van der Waals surface area (Å²) in [5, 5.41) is 0. The maximum atomic E-state index is 11.9. The first-order valence-electron chi connectivity index (χ1n) is 13.4. The lowest BCUT2D eigenvalue weighted by atomic mass is 9.65. The molecule has 0 spiro atoms. The lowest BCUT2D eigenvalue weighted by Gasteiger charge is -2.41. The molecule has 0 atom stereocenters. The molecule has 3 aliphatic carbocycles. The Morgan fingerprint density at radius 2 is 1.10 bits per heavy atom. The van der Waals surface area contributed by atoms with Crippen LogP contribution in [0.1, 0.15) is 129 Å². The zero-order valence-electron chi connectivity index (χ0n) is 19.5. The SMILES string of the molecule is CCCCC(=O)O[C@H]1CC[C@H]([C@H]2CC[C@H]([C@H]3CC[C@H](CCCC)CC3)CC2)CC1. The molecule has 2 nitrogen and oxygen atoms in total. The minimum atomic E-state index is 0.0419. The molecule has 0 aromatic rings. The molecular formula is C27H48O2. The van der Waals surface area contributed by atoms with Gasteiger partial charge in [0.25, 0.3) is 0 Å². The summed E-state index contributed by atoms with van der Waals surface area (Å²) in [5.41, 5.74) is 0. The summed E-state index contributed by atoms with van der Waals surface area (Å²) in [7, 11) is 0. The Morgan fingerprint density at radius 1 is 0.655 bits per heavy atom. The van der Waals surface area contributed by atoms with Crippen molar-refractivity contribution in [2.24, 2.45) is 29.6 Å². The van der Waals surface area contributed by atoms with Crippen molar-refractivity contribution in [2.75, 3.05) is 0 Å². The fourth-order valence-corrected chi connectivity index (χ4v) is 6.77. The van der Waals surface area contributed by atoms with E-state index in [0.29, 0.717) is 6.42 Å². The first-order chi connectivity index (χ1) is 14.2. The third-order valence-corrected chi connectivity index (χ3v) is 8.76. The monoisotopic (exact) mass is 404 g/mol. The number of carbonyl (C=O) groups is 1. The molecule has 168 valence electrons. The topological polar surface area (TPSA) is 26.3 Å². The Morgan fingerprint density at radius 3 is 1.59 bits per heavy atom. The first-order valence-corrected chi connectivity index (χ1v) is 13.4.